The maximum absolute atomic E-state index is 13.4. The third kappa shape index (κ3) is 6.90. The number of phenolic OH excluding ortho intramolecular Hbond substituents is 1. The highest BCUT2D eigenvalue weighted by atomic mass is 16.7. The van der Waals surface area contributed by atoms with E-state index in [4.69, 9.17) is 18.9 Å². The maximum atomic E-state index is 13.4. The minimum Gasteiger partial charge on any atom is -0.504 e. The second kappa shape index (κ2) is 14.1. The number of fused-ring (bicyclic) bond motifs is 1. The van der Waals surface area contributed by atoms with Crippen molar-refractivity contribution in [1.82, 2.24) is 0 Å². The number of hydrogen-bond donors (Lipinski definition) is 10. The van der Waals surface area contributed by atoms with Crippen LogP contribution in [0.5, 0.6) is 17.2 Å². The molecular formula is C30H35NO16. The van der Waals surface area contributed by atoms with Gasteiger partial charge in [0.15, 0.2) is 11.5 Å². The number of carbonyl (C=O) groups excluding carboxylic acids is 1. The zero-order chi connectivity index (χ0) is 34.2. The number of carboxylic acids is 1. The molecule has 10 N–H and O–H groups in total. The second-order valence-corrected chi connectivity index (χ2v) is 11.2. The van der Waals surface area contributed by atoms with E-state index in [1.165, 1.54) is 42.5 Å². The fraction of sp³-hybridized carbons (Fsp3) is 0.467. The van der Waals surface area contributed by atoms with Crippen LogP contribution in [0, 0.1) is 0 Å². The smallest absolute Gasteiger partial charge is 0.327 e. The summed E-state index contributed by atoms with van der Waals surface area (Å²) in [6, 6.07) is 6.99. The van der Waals surface area contributed by atoms with Gasteiger partial charge in [-0.2, -0.15) is 0 Å². The molecule has 2 saturated heterocycles. The number of phenols is 1. The lowest BCUT2D eigenvalue weighted by Crippen LogP contribution is -2.60. The SMILES string of the molecule is O=C(O)[C@@H]1Cc2cc(O)c(O[C@@H]3O[C@H](CO)[C@@H](O)[C@H](O)[C@H]3O)cc2N1C(=O)/C=C\c1ccc(O[C@H]2O[C@H](CO)[C@H](O)[C@@H](O)[C@H]2O)cc1. The number of aliphatic hydroxyl groups is 8. The normalized spacial score (nSPS) is 33.9. The molecule has 3 aliphatic rings. The molecule has 11 atom stereocenters. The molecule has 0 unspecified atom stereocenters. The summed E-state index contributed by atoms with van der Waals surface area (Å²) in [5.41, 5.74) is 0.850. The molecule has 3 heterocycles. The molecule has 17 nitrogen and oxygen atoms in total. The molecule has 1 amide bonds. The van der Waals surface area contributed by atoms with Crippen molar-refractivity contribution in [3.05, 3.63) is 53.6 Å². The highest BCUT2D eigenvalue weighted by Gasteiger charge is 2.46. The number of hydrogen-bond acceptors (Lipinski definition) is 15. The highest BCUT2D eigenvalue weighted by molar-refractivity contribution is 6.09. The predicted octanol–water partition coefficient (Wildman–Crippen LogP) is -3.19. The van der Waals surface area contributed by atoms with Crippen molar-refractivity contribution >= 4 is 23.6 Å². The first kappa shape index (κ1) is 34.5. The molecule has 0 radical (unpaired) electrons. The van der Waals surface area contributed by atoms with Gasteiger partial charge in [0.25, 0.3) is 5.91 Å². The van der Waals surface area contributed by atoms with Crippen molar-refractivity contribution in [2.45, 2.75) is 73.9 Å². The summed E-state index contributed by atoms with van der Waals surface area (Å²) in [6.45, 7) is -1.34. The molecule has 2 aromatic rings. The van der Waals surface area contributed by atoms with Gasteiger partial charge in [-0.3, -0.25) is 9.69 Å². The van der Waals surface area contributed by atoms with Crippen molar-refractivity contribution in [1.29, 1.82) is 0 Å². The van der Waals surface area contributed by atoms with Gasteiger partial charge in [-0.25, -0.2) is 4.79 Å². The summed E-state index contributed by atoms with van der Waals surface area (Å²) >= 11 is 0. The molecule has 2 fully saturated rings. The fourth-order valence-electron chi connectivity index (χ4n) is 5.51. The Balaban J connectivity index is 1.31. The number of amides is 1. The number of rotatable bonds is 9. The van der Waals surface area contributed by atoms with Crippen LogP contribution < -0.4 is 14.4 Å². The van der Waals surface area contributed by atoms with Gasteiger partial charge in [-0.1, -0.05) is 12.1 Å². The summed E-state index contributed by atoms with van der Waals surface area (Å²) in [5.74, 6) is -2.71. The number of carboxylic acid groups (broad SMARTS) is 1. The van der Waals surface area contributed by atoms with Crippen molar-refractivity contribution in [2.24, 2.45) is 0 Å². The van der Waals surface area contributed by atoms with Gasteiger partial charge < -0.3 is 70.0 Å². The first-order valence-corrected chi connectivity index (χ1v) is 14.5. The molecule has 47 heavy (non-hydrogen) atoms. The Kier molecular flexibility index (Phi) is 10.3. The number of aliphatic hydroxyl groups excluding tert-OH is 8. The Hall–Kier alpha value is -3.88. The largest absolute Gasteiger partial charge is 0.504 e. The van der Waals surface area contributed by atoms with Crippen LogP contribution >= 0.6 is 0 Å². The van der Waals surface area contributed by atoms with E-state index in [1.807, 2.05) is 0 Å². The van der Waals surface area contributed by atoms with Gasteiger partial charge in [0, 0.05) is 18.6 Å². The quantitative estimate of drug-likeness (QED) is 0.118. The van der Waals surface area contributed by atoms with Gasteiger partial charge in [0.05, 0.1) is 18.9 Å². The minimum absolute atomic E-state index is 0.0766. The van der Waals surface area contributed by atoms with Gasteiger partial charge in [-0.15, -0.1) is 0 Å². The number of carbonyl (C=O) groups is 2. The van der Waals surface area contributed by atoms with Crippen molar-refractivity contribution in [2.75, 3.05) is 18.1 Å². The summed E-state index contributed by atoms with van der Waals surface area (Å²) < 4.78 is 21.7. The number of benzene rings is 2. The predicted molar refractivity (Wildman–Crippen MR) is 155 cm³/mol. The molecule has 0 aliphatic carbocycles. The molecule has 3 aliphatic heterocycles. The monoisotopic (exact) mass is 665 g/mol. The molecule has 256 valence electrons. The third-order valence-corrected chi connectivity index (χ3v) is 8.16. The minimum atomic E-state index is -1.79. The zero-order valence-corrected chi connectivity index (χ0v) is 24.5. The molecule has 0 bridgehead atoms. The standard InChI is InChI=1S/C30H35NO16/c32-10-19-22(36)24(38)26(40)29(46-19)44-14-4-1-12(2-5-14)3-6-21(35)31-15-9-18(17(34)8-13(15)7-16(31)28(42)43)45-30-27(41)25(39)23(37)20(11-33)47-30/h1-6,8-9,16,19-20,22-27,29-30,32-34,36-41H,7,10-11H2,(H,42,43)/b6-3-/t16-,19+,20+,22-,23+,24+,25-,26+,27+,29-,30+/m0/s1. The molecule has 2 aromatic carbocycles. The van der Waals surface area contributed by atoms with E-state index < -0.39 is 98.3 Å². The summed E-state index contributed by atoms with van der Waals surface area (Å²) in [7, 11) is 0. The fourth-order valence-corrected chi connectivity index (χ4v) is 5.51. The number of anilines is 1. The lowest BCUT2D eigenvalue weighted by molar-refractivity contribution is -0.277. The topological polar surface area (TPSA) is 277 Å². The number of nitrogens with zero attached hydrogens (tertiary/aromatic N) is 1. The van der Waals surface area contributed by atoms with Gasteiger partial charge >= 0.3 is 5.97 Å². The molecular weight excluding hydrogens is 630 g/mol. The van der Waals surface area contributed by atoms with Gasteiger partial charge in [0.2, 0.25) is 12.6 Å². The molecule has 0 saturated carbocycles. The van der Waals surface area contributed by atoms with E-state index in [0.29, 0.717) is 11.1 Å². The molecule has 0 aromatic heterocycles. The van der Waals surface area contributed by atoms with Crippen LogP contribution in [0.3, 0.4) is 0 Å². The average molecular weight is 666 g/mol. The summed E-state index contributed by atoms with van der Waals surface area (Å²) in [4.78, 5) is 26.4. The van der Waals surface area contributed by atoms with E-state index in [9.17, 15) is 60.7 Å². The highest BCUT2D eigenvalue weighted by Crippen LogP contribution is 2.42. The third-order valence-electron chi connectivity index (χ3n) is 8.16. The van der Waals surface area contributed by atoms with E-state index in [0.717, 1.165) is 11.0 Å². The van der Waals surface area contributed by atoms with Crippen molar-refractivity contribution in [3.8, 4) is 17.2 Å². The number of aromatic hydroxyl groups is 1. The number of ether oxygens (including phenoxy) is 4. The first-order chi connectivity index (χ1) is 22.3. The van der Waals surface area contributed by atoms with Crippen LogP contribution in [0.25, 0.3) is 6.08 Å². The summed E-state index contributed by atoms with van der Waals surface area (Å²) in [5, 5.41) is 99.6. The lowest BCUT2D eigenvalue weighted by Gasteiger charge is -2.39. The Labute approximate surface area is 266 Å². The Bertz CT molecular complexity index is 1460. The first-order valence-electron chi connectivity index (χ1n) is 14.5. The molecule has 5 rings (SSSR count). The van der Waals surface area contributed by atoms with Crippen LogP contribution in [0.2, 0.25) is 0 Å². The van der Waals surface area contributed by atoms with Crippen LogP contribution in [-0.4, -0.2) is 144 Å². The van der Waals surface area contributed by atoms with Crippen LogP contribution in [0.1, 0.15) is 11.1 Å². The van der Waals surface area contributed by atoms with Crippen LogP contribution in [0.15, 0.2) is 42.5 Å². The molecule has 17 heteroatoms. The molecule has 0 spiro atoms. The van der Waals surface area contributed by atoms with Crippen molar-refractivity contribution in [3.63, 3.8) is 0 Å². The van der Waals surface area contributed by atoms with Crippen molar-refractivity contribution < 1.29 is 79.6 Å². The van der Waals surface area contributed by atoms with E-state index >= 15 is 0 Å². The maximum Gasteiger partial charge on any atom is 0.327 e. The van der Waals surface area contributed by atoms with Crippen LogP contribution in [0.4, 0.5) is 5.69 Å². The van der Waals surface area contributed by atoms with Gasteiger partial charge in [0.1, 0.15) is 60.6 Å². The van der Waals surface area contributed by atoms with Crippen LogP contribution in [-0.2, 0) is 25.5 Å². The Morgan fingerprint density at radius 1 is 0.809 bits per heavy atom. The van der Waals surface area contributed by atoms with E-state index in [1.54, 1.807) is 0 Å². The Morgan fingerprint density at radius 2 is 1.36 bits per heavy atom. The summed E-state index contributed by atoms with van der Waals surface area (Å²) in [6.07, 6.45) is -13.1. The second-order valence-electron chi connectivity index (χ2n) is 11.2. The van der Waals surface area contributed by atoms with E-state index in [-0.39, 0.29) is 23.6 Å². The lowest BCUT2D eigenvalue weighted by atomic mass is 9.99. The average Bonchev–Trinajstić information content (AvgIpc) is 3.43. The van der Waals surface area contributed by atoms with Gasteiger partial charge in [-0.05, 0) is 35.4 Å². The van der Waals surface area contributed by atoms with E-state index in [2.05, 4.69) is 0 Å². The zero-order valence-electron chi connectivity index (χ0n) is 24.5. The Morgan fingerprint density at radius 3 is 1.89 bits per heavy atom. The number of aliphatic carboxylic acids is 1.